The van der Waals surface area contributed by atoms with Crippen LogP contribution in [0.3, 0.4) is 0 Å². The van der Waals surface area contributed by atoms with E-state index in [0.29, 0.717) is 17.3 Å². The minimum absolute atomic E-state index is 0.411. The van der Waals surface area contributed by atoms with E-state index in [1.54, 1.807) is 38.5 Å². The second-order valence-corrected chi connectivity index (χ2v) is 5.68. The molecule has 0 aliphatic rings. The van der Waals surface area contributed by atoms with Crippen molar-refractivity contribution in [2.45, 2.75) is 38.9 Å². The van der Waals surface area contributed by atoms with Gasteiger partial charge in [-0.15, -0.1) is 0 Å². The second-order valence-electron chi connectivity index (χ2n) is 4.94. The van der Waals surface area contributed by atoms with Crippen LogP contribution in [0.25, 0.3) is 0 Å². The predicted octanol–water partition coefficient (Wildman–Crippen LogP) is 0.814. The van der Waals surface area contributed by atoms with Gasteiger partial charge in [-0.2, -0.15) is 11.3 Å². The number of carbonyl (C=O) groups is 1. The molecule has 1 heterocycles. The Kier molecular flexibility index (Phi) is 4.14. The van der Waals surface area contributed by atoms with Crippen molar-refractivity contribution in [3.8, 4) is 0 Å². The second kappa shape index (κ2) is 4.90. The molecule has 6 heteroatoms. The Morgan fingerprint density at radius 2 is 1.94 bits per heavy atom. The fraction of sp³-hybridized carbons (Fsp3) is 0.545. The van der Waals surface area contributed by atoms with Crippen LogP contribution in [0, 0.1) is 0 Å². The fourth-order valence-electron chi connectivity index (χ4n) is 1.10. The molecular weight excluding hydrogens is 239 g/mol. The van der Waals surface area contributed by atoms with Crippen LogP contribution in [0.15, 0.2) is 10.8 Å². The van der Waals surface area contributed by atoms with Gasteiger partial charge >= 0.3 is 7.12 Å². The molecule has 0 bridgehead atoms. The number of aldehydes is 1. The zero-order chi connectivity index (χ0) is 13.3. The molecule has 0 aromatic carbocycles. The average Bonchev–Trinajstić information content (AvgIpc) is 2.62. The van der Waals surface area contributed by atoms with Crippen molar-refractivity contribution >= 4 is 30.2 Å². The van der Waals surface area contributed by atoms with Crippen LogP contribution in [0.2, 0.25) is 0 Å². The minimum Gasteiger partial charge on any atom is -0.423 e. The van der Waals surface area contributed by atoms with E-state index in [2.05, 4.69) is 0 Å². The average molecular weight is 256 g/mol. The van der Waals surface area contributed by atoms with Gasteiger partial charge in [-0.25, -0.2) is 0 Å². The Hall–Kier alpha value is -0.685. The molecule has 0 fully saturated rings. The molecule has 0 aliphatic carbocycles. The number of carbonyl (C=O) groups excluding carboxylic acids is 1. The van der Waals surface area contributed by atoms with E-state index in [-0.39, 0.29) is 0 Å². The zero-order valence-electron chi connectivity index (χ0n) is 10.4. The number of hydrogen-bond acceptors (Lipinski definition) is 5. The molecule has 0 radical (unpaired) electrons. The van der Waals surface area contributed by atoms with Gasteiger partial charge < -0.3 is 14.8 Å². The molecule has 0 atom stereocenters. The fourth-order valence-corrected chi connectivity index (χ4v) is 1.91. The Morgan fingerprint density at radius 3 is 2.41 bits per heavy atom. The van der Waals surface area contributed by atoms with E-state index in [0.717, 1.165) is 0 Å². The lowest BCUT2D eigenvalue weighted by atomic mass is 9.76. The molecule has 1 rings (SSSR count). The maximum absolute atomic E-state index is 10.7. The topological polar surface area (TPSA) is 66.8 Å². The third-order valence-corrected chi connectivity index (χ3v) is 3.78. The summed E-state index contributed by atoms with van der Waals surface area (Å²) in [6.07, 6.45) is 0.676. The van der Waals surface area contributed by atoms with Crippen LogP contribution in [-0.4, -0.2) is 34.7 Å². The van der Waals surface area contributed by atoms with Crippen molar-refractivity contribution < 1.29 is 19.6 Å². The van der Waals surface area contributed by atoms with Gasteiger partial charge in [0, 0.05) is 16.4 Å². The van der Waals surface area contributed by atoms with Gasteiger partial charge in [-0.3, -0.25) is 4.79 Å². The summed E-state index contributed by atoms with van der Waals surface area (Å²) in [5.74, 6) is 0. The number of aliphatic hydroxyl groups is 1. The minimum atomic E-state index is -1.22. The van der Waals surface area contributed by atoms with Gasteiger partial charge in [0.1, 0.15) is 0 Å². The smallest absolute Gasteiger partial charge is 0.423 e. The standard InChI is InChI=1S/C11H17BO4S/c1-10(2,14)11(3,4)16-12(15)9-7-17-6-8(9)5-13/h5-7,14-15H,1-4H3. The summed E-state index contributed by atoms with van der Waals surface area (Å²) < 4.78 is 5.44. The predicted molar refractivity (Wildman–Crippen MR) is 68.8 cm³/mol. The molecular formula is C11H17BO4S. The Bertz CT molecular complexity index is 394. The summed E-state index contributed by atoms with van der Waals surface area (Å²) in [7, 11) is -1.22. The van der Waals surface area contributed by atoms with Crippen molar-refractivity contribution in [3.63, 3.8) is 0 Å². The molecule has 1 aromatic rings. The highest BCUT2D eigenvalue weighted by Gasteiger charge is 2.40. The highest BCUT2D eigenvalue weighted by atomic mass is 32.1. The molecule has 0 spiro atoms. The summed E-state index contributed by atoms with van der Waals surface area (Å²) in [6, 6.07) is 0. The van der Waals surface area contributed by atoms with Crippen LogP contribution < -0.4 is 5.46 Å². The third kappa shape index (κ3) is 3.16. The van der Waals surface area contributed by atoms with E-state index in [1.165, 1.54) is 11.3 Å². The van der Waals surface area contributed by atoms with Gasteiger partial charge in [0.05, 0.1) is 11.2 Å². The van der Waals surface area contributed by atoms with Crippen LogP contribution in [0.4, 0.5) is 0 Å². The van der Waals surface area contributed by atoms with E-state index < -0.39 is 18.3 Å². The van der Waals surface area contributed by atoms with Gasteiger partial charge in [0.25, 0.3) is 0 Å². The summed E-state index contributed by atoms with van der Waals surface area (Å²) in [4.78, 5) is 10.7. The first-order chi connectivity index (χ1) is 7.69. The molecule has 0 unspecified atom stereocenters. The summed E-state index contributed by atoms with van der Waals surface area (Å²) >= 11 is 1.32. The maximum Gasteiger partial charge on any atom is 0.493 e. The van der Waals surface area contributed by atoms with Crippen LogP contribution in [-0.2, 0) is 4.65 Å². The highest BCUT2D eigenvalue weighted by molar-refractivity contribution is 7.09. The van der Waals surface area contributed by atoms with Gasteiger partial charge in [-0.05, 0) is 33.1 Å². The van der Waals surface area contributed by atoms with Crippen molar-refractivity contribution in [3.05, 3.63) is 16.3 Å². The summed E-state index contributed by atoms with van der Waals surface area (Å²) in [5, 5.41) is 23.2. The molecule has 2 N–H and O–H groups in total. The highest BCUT2D eigenvalue weighted by Crippen LogP contribution is 2.25. The molecule has 4 nitrogen and oxygen atoms in total. The lowest BCUT2D eigenvalue weighted by Gasteiger charge is -2.38. The lowest BCUT2D eigenvalue weighted by Crippen LogP contribution is -2.53. The molecule has 0 saturated carbocycles. The monoisotopic (exact) mass is 256 g/mol. The molecule has 0 amide bonds. The molecule has 17 heavy (non-hydrogen) atoms. The Balaban J connectivity index is 2.86. The van der Waals surface area contributed by atoms with Crippen molar-refractivity contribution in [2.75, 3.05) is 0 Å². The van der Waals surface area contributed by atoms with Crippen molar-refractivity contribution in [1.29, 1.82) is 0 Å². The normalized spacial score (nSPS) is 12.6. The largest absolute Gasteiger partial charge is 0.493 e. The first-order valence-electron chi connectivity index (χ1n) is 5.28. The quantitative estimate of drug-likeness (QED) is 0.604. The van der Waals surface area contributed by atoms with E-state index in [4.69, 9.17) is 4.65 Å². The zero-order valence-corrected chi connectivity index (χ0v) is 11.2. The van der Waals surface area contributed by atoms with Crippen LogP contribution in [0.1, 0.15) is 38.1 Å². The molecule has 0 aliphatic heterocycles. The van der Waals surface area contributed by atoms with Gasteiger partial charge in [0.15, 0.2) is 6.29 Å². The van der Waals surface area contributed by atoms with Crippen LogP contribution in [0.5, 0.6) is 0 Å². The number of hydrogen-bond donors (Lipinski definition) is 2. The first kappa shape index (κ1) is 14.4. The Labute approximate surface area is 105 Å². The maximum atomic E-state index is 10.7. The molecule has 0 saturated heterocycles. The van der Waals surface area contributed by atoms with Crippen molar-refractivity contribution in [1.82, 2.24) is 0 Å². The van der Waals surface area contributed by atoms with E-state index >= 15 is 0 Å². The SMILES string of the molecule is CC(C)(O)C(C)(C)OB(O)c1cscc1C=O. The van der Waals surface area contributed by atoms with E-state index in [1.807, 2.05) is 0 Å². The third-order valence-electron chi connectivity index (χ3n) is 3.00. The van der Waals surface area contributed by atoms with Gasteiger partial charge in [-0.1, -0.05) is 0 Å². The first-order valence-corrected chi connectivity index (χ1v) is 6.23. The lowest BCUT2D eigenvalue weighted by molar-refractivity contribution is -0.0982. The molecule has 1 aromatic heterocycles. The van der Waals surface area contributed by atoms with Crippen LogP contribution >= 0.6 is 11.3 Å². The van der Waals surface area contributed by atoms with Crippen molar-refractivity contribution in [2.24, 2.45) is 0 Å². The van der Waals surface area contributed by atoms with Gasteiger partial charge in [0.2, 0.25) is 0 Å². The van der Waals surface area contributed by atoms with E-state index in [9.17, 15) is 14.9 Å². The molecule has 94 valence electrons. The number of rotatable bonds is 5. The summed E-state index contributed by atoms with van der Waals surface area (Å²) in [6.45, 7) is 6.58. The Morgan fingerprint density at radius 1 is 1.35 bits per heavy atom. The number of thiophene rings is 1. The summed E-state index contributed by atoms with van der Waals surface area (Å²) in [5.41, 5.74) is -1.20.